The van der Waals surface area contributed by atoms with E-state index in [1.54, 1.807) is 0 Å². The average Bonchev–Trinajstić information content (AvgIpc) is 3.25. The van der Waals surface area contributed by atoms with Crippen molar-refractivity contribution in [3.05, 3.63) is 72.9 Å². The van der Waals surface area contributed by atoms with Crippen LogP contribution >= 0.6 is 0 Å². The van der Waals surface area contributed by atoms with Crippen LogP contribution in [0.15, 0.2) is 72.9 Å². The molecule has 0 spiro atoms. The Kier molecular flexibility index (Phi) is 38.9. The van der Waals surface area contributed by atoms with Crippen LogP contribution < -0.4 is 0 Å². The van der Waals surface area contributed by atoms with E-state index in [1.165, 1.54) is 77.0 Å². The first-order valence-corrected chi connectivity index (χ1v) is 24.0. The van der Waals surface area contributed by atoms with Gasteiger partial charge in [-0.1, -0.05) is 164 Å². The van der Waals surface area contributed by atoms with Crippen LogP contribution in [0.5, 0.6) is 0 Å². The van der Waals surface area contributed by atoms with Gasteiger partial charge in [-0.15, -0.1) is 0 Å². The summed E-state index contributed by atoms with van der Waals surface area (Å²) < 4.78 is 22.8. The molecule has 4 N–H and O–H groups in total. The number of ether oxygens (including phenoxy) is 4. The Labute approximate surface area is 366 Å². The van der Waals surface area contributed by atoms with Crippen molar-refractivity contribution in [2.75, 3.05) is 26.4 Å². The fraction of sp³-hybridized carbons (Fsp3) is 0.745. The molecule has 1 aliphatic rings. The topological polar surface area (TPSA) is 135 Å². The van der Waals surface area contributed by atoms with E-state index in [4.69, 9.17) is 18.9 Å². The van der Waals surface area contributed by atoms with Gasteiger partial charge >= 0.3 is 5.97 Å². The van der Waals surface area contributed by atoms with Crippen LogP contribution in [0.4, 0.5) is 0 Å². The van der Waals surface area contributed by atoms with Crippen molar-refractivity contribution >= 4 is 5.97 Å². The quantitative estimate of drug-likeness (QED) is 0.0270. The maximum Gasteiger partial charge on any atom is 0.306 e. The normalized spacial score (nSPS) is 20.7. The van der Waals surface area contributed by atoms with Gasteiger partial charge in [0.2, 0.25) is 0 Å². The van der Waals surface area contributed by atoms with Crippen LogP contribution in [0.2, 0.25) is 0 Å². The number of carbonyl (C=O) groups excluding carboxylic acids is 1. The van der Waals surface area contributed by atoms with Gasteiger partial charge in [-0.2, -0.15) is 0 Å². The Morgan fingerprint density at radius 3 is 1.55 bits per heavy atom. The molecule has 0 bridgehead atoms. The summed E-state index contributed by atoms with van der Waals surface area (Å²) in [5, 5.41) is 40.2. The van der Waals surface area contributed by atoms with E-state index in [1.807, 2.05) is 0 Å². The lowest BCUT2D eigenvalue weighted by atomic mass is 9.99. The van der Waals surface area contributed by atoms with Gasteiger partial charge in [0.1, 0.15) is 30.5 Å². The van der Waals surface area contributed by atoms with Gasteiger partial charge in [-0.25, -0.2) is 0 Å². The minimum atomic E-state index is -1.55. The smallest absolute Gasteiger partial charge is 0.306 e. The van der Waals surface area contributed by atoms with Gasteiger partial charge in [-0.05, 0) is 83.5 Å². The molecular formula is C51H88O9. The minimum absolute atomic E-state index is 0.122. The number of rotatable bonds is 40. The predicted molar refractivity (Wildman–Crippen MR) is 247 cm³/mol. The molecule has 1 rings (SSSR count). The molecule has 0 aromatic carbocycles. The Hall–Kier alpha value is -2.37. The van der Waals surface area contributed by atoms with Gasteiger partial charge in [0.25, 0.3) is 0 Å². The Morgan fingerprint density at radius 1 is 0.550 bits per heavy atom. The summed E-state index contributed by atoms with van der Waals surface area (Å²) in [5.41, 5.74) is 0. The first-order chi connectivity index (χ1) is 29.4. The Balaban J connectivity index is 2.27. The number of hydrogen-bond donors (Lipinski definition) is 4. The SMILES string of the molecule is CC/C=C\C/C=C\C/C=C\C/C=C\C/C=C\CCCCCCOCC(COC1OC(CO)C(O)C(O)C1O)OC(=O)CCCCCCCCC/C=C\CCCCCCCC. The van der Waals surface area contributed by atoms with Crippen LogP contribution in [-0.2, 0) is 23.7 Å². The lowest BCUT2D eigenvalue weighted by Gasteiger charge is -2.39. The fourth-order valence-corrected chi connectivity index (χ4v) is 6.87. The van der Waals surface area contributed by atoms with Crippen LogP contribution in [0.1, 0.15) is 181 Å². The zero-order chi connectivity index (χ0) is 43.6. The number of allylic oxidation sites excluding steroid dienone is 12. The summed E-state index contributed by atoms with van der Waals surface area (Å²) in [4.78, 5) is 12.8. The van der Waals surface area contributed by atoms with Gasteiger partial charge in [0.15, 0.2) is 6.29 Å². The Morgan fingerprint density at radius 2 is 1.02 bits per heavy atom. The minimum Gasteiger partial charge on any atom is -0.457 e. The molecule has 1 heterocycles. The average molecular weight is 845 g/mol. The van der Waals surface area contributed by atoms with E-state index >= 15 is 0 Å². The van der Waals surface area contributed by atoms with E-state index in [-0.39, 0.29) is 19.2 Å². The summed E-state index contributed by atoms with van der Waals surface area (Å²) in [6.07, 6.45) is 47.8. The zero-order valence-corrected chi connectivity index (χ0v) is 37.9. The van der Waals surface area contributed by atoms with E-state index in [0.717, 1.165) is 83.5 Å². The molecule has 1 aliphatic heterocycles. The molecule has 9 nitrogen and oxygen atoms in total. The molecule has 0 amide bonds. The van der Waals surface area contributed by atoms with Crippen LogP contribution in [0, 0.1) is 0 Å². The maximum atomic E-state index is 12.8. The van der Waals surface area contributed by atoms with Crippen LogP contribution in [0.3, 0.4) is 0 Å². The number of aliphatic hydroxyl groups excluding tert-OH is 4. The second-order valence-electron chi connectivity index (χ2n) is 16.2. The summed E-state index contributed by atoms with van der Waals surface area (Å²) in [7, 11) is 0. The summed E-state index contributed by atoms with van der Waals surface area (Å²) in [6, 6.07) is 0. The molecule has 0 aromatic heterocycles. The van der Waals surface area contributed by atoms with Crippen molar-refractivity contribution in [2.24, 2.45) is 0 Å². The molecule has 1 fully saturated rings. The van der Waals surface area contributed by atoms with Crippen LogP contribution in [0.25, 0.3) is 0 Å². The van der Waals surface area contributed by atoms with E-state index in [2.05, 4.69) is 86.8 Å². The molecule has 0 saturated carbocycles. The highest BCUT2D eigenvalue weighted by Crippen LogP contribution is 2.22. The first kappa shape index (κ1) is 55.6. The number of aliphatic hydroxyl groups is 4. The molecule has 1 saturated heterocycles. The van der Waals surface area contributed by atoms with Crippen LogP contribution in [-0.4, -0.2) is 89.6 Å². The standard InChI is InChI=1S/C51H88O9/c1-3-5-7-9-11-13-15-17-19-21-22-23-25-27-29-31-33-35-37-39-41-57-43-45(44-58-51-50(56)49(55)48(54)46(42-52)60-51)59-47(53)40-38-36-34-32-30-28-26-24-20-18-16-14-12-10-8-6-4-2/h5,7,11,13,17-20,22-23,27,29,45-46,48-52,54-56H,3-4,6,8-10,12,14-16,21,24-26,28,30-44H2,1-2H3/b7-5-,13-11-,19-17-,20-18-,23-22-,29-27-. The second kappa shape index (κ2) is 42.0. The molecule has 9 heteroatoms. The number of carbonyl (C=O) groups is 1. The third-order valence-electron chi connectivity index (χ3n) is 10.6. The maximum absolute atomic E-state index is 12.8. The van der Waals surface area contributed by atoms with Crippen molar-refractivity contribution in [1.82, 2.24) is 0 Å². The summed E-state index contributed by atoms with van der Waals surface area (Å²) >= 11 is 0. The predicted octanol–water partition coefficient (Wildman–Crippen LogP) is 11.3. The van der Waals surface area contributed by atoms with Crippen molar-refractivity contribution < 1.29 is 44.2 Å². The van der Waals surface area contributed by atoms with Gasteiger partial charge in [-0.3, -0.25) is 4.79 Å². The molecule has 0 aliphatic carbocycles. The van der Waals surface area contributed by atoms with Gasteiger partial charge < -0.3 is 39.4 Å². The second-order valence-corrected chi connectivity index (χ2v) is 16.2. The van der Waals surface area contributed by atoms with Crippen molar-refractivity contribution in [3.63, 3.8) is 0 Å². The lowest BCUT2D eigenvalue weighted by molar-refractivity contribution is -0.305. The fourth-order valence-electron chi connectivity index (χ4n) is 6.87. The number of hydrogen-bond acceptors (Lipinski definition) is 9. The van der Waals surface area contributed by atoms with Crippen molar-refractivity contribution in [2.45, 2.75) is 218 Å². The molecule has 6 atom stereocenters. The molecule has 0 radical (unpaired) electrons. The number of esters is 1. The molecule has 346 valence electrons. The number of unbranched alkanes of at least 4 members (excludes halogenated alkanes) is 17. The first-order valence-electron chi connectivity index (χ1n) is 24.0. The monoisotopic (exact) mass is 845 g/mol. The summed E-state index contributed by atoms with van der Waals surface area (Å²) in [5.74, 6) is -0.330. The van der Waals surface area contributed by atoms with Crippen molar-refractivity contribution in [3.8, 4) is 0 Å². The van der Waals surface area contributed by atoms with E-state index < -0.39 is 43.4 Å². The Bertz CT molecular complexity index is 1140. The molecular weight excluding hydrogens is 757 g/mol. The lowest BCUT2D eigenvalue weighted by Crippen LogP contribution is -2.59. The third kappa shape index (κ3) is 32.4. The van der Waals surface area contributed by atoms with E-state index in [0.29, 0.717) is 13.0 Å². The highest BCUT2D eigenvalue weighted by molar-refractivity contribution is 5.69. The van der Waals surface area contributed by atoms with Gasteiger partial charge in [0.05, 0.1) is 19.8 Å². The van der Waals surface area contributed by atoms with Gasteiger partial charge in [0, 0.05) is 13.0 Å². The largest absolute Gasteiger partial charge is 0.457 e. The molecule has 0 aromatic rings. The highest BCUT2D eigenvalue weighted by atomic mass is 16.7. The molecule has 60 heavy (non-hydrogen) atoms. The highest BCUT2D eigenvalue weighted by Gasteiger charge is 2.44. The third-order valence-corrected chi connectivity index (χ3v) is 10.6. The zero-order valence-electron chi connectivity index (χ0n) is 37.9. The van der Waals surface area contributed by atoms with Crippen molar-refractivity contribution in [1.29, 1.82) is 0 Å². The summed E-state index contributed by atoms with van der Waals surface area (Å²) in [6.45, 7) is 4.37. The van der Waals surface area contributed by atoms with E-state index in [9.17, 15) is 25.2 Å². The molecule has 6 unspecified atom stereocenters.